The smallest absolute Gasteiger partial charge is 0.253 e. The molecule has 10 heteroatoms. The SMILES string of the molecule is CCCCCc1cc2c(CCCCCNC(=O)CCCN(C)CC(C)(C)NC(=O)CCN3C(=O)C=CC3=O)cccc2nc1N. The summed E-state index contributed by atoms with van der Waals surface area (Å²) in [6.45, 7) is 8.13. The predicted octanol–water partition coefficient (Wildman–Crippen LogP) is 4.30. The van der Waals surface area contributed by atoms with E-state index in [1.54, 1.807) is 0 Å². The van der Waals surface area contributed by atoms with Crippen LogP contribution in [0.1, 0.15) is 89.7 Å². The van der Waals surface area contributed by atoms with Crippen molar-refractivity contribution in [1.29, 1.82) is 0 Å². The third kappa shape index (κ3) is 11.9. The summed E-state index contributed by atoms with van der Waals surface area (Å²) in [7, 11) is 1.97. The minimum Gasteiger partial charge on any atom is -0.383 e. The van der Waals surface area contributed by atoms with Crippen LogP contribution in [0.15, 0.2) is 36.4 Å². The third-order valence-electron chi connectivity index (χ3n) is 8.11. The van der Waals surface area contributed by atoms with E-state index >= 15 is 0 Å². The summed E-state index contributed by atoms with van der Waals surface area (Å²) in [6.07, 6.45) is 12.1. The van der Waals surface area contributed by atoms with Gasteiger partial charge in [0.15, 0.2) is 0 Å². The summed E-state index contributed by atoms with van der Waals surface area (Å²) in [5.74, 6) is -0.281. The van der Waals surface area contributed by atoms with E-state index in [9.17, 15) is 19.2 Å². The van der Waals surface area contributed by atoms with Gasteiger partial charge in [-0.1, -0.05) is 38.3 Å². The van der Waals surface area contributed by atoms with Gasteiger partial charge < -0.3 is 21.3 Å². The number of pyridine rings is 1. The fourth-order valence-electron chi connectivity index (χ4n) is 5.84. The number of benzene rings is 1. The fraction of sp³-hybridized carbons (Fsp3) is 0.571. The number of carbonyl (C=O) groups is 4. The first kappa shape index (κ1) is 35.7. The number of hydrogen-bond acceptors (Lipinski definition) is 7. The molecule has 0 radical (unpaired) electrons. The number of imide groups is 1. The van der Waals surface area contributed by atoms with E-state index in [4.69, 9.17) is 5.73 Å². The molecule has 0 saturated carbocycles. The van der Waals surface area contributed by atoms with Crippen molar-refractivity contribution < 1.29 is 19.2 Å². The number of nitrogen functional groups attached to an aromatic ring is 1. The van der Waals surface area contributed by atoms with Crippen LogP contribution < -0.4 is 16.4 Å². The zero-order valence-corrected chi connectivity index (χ0v) is 27.6. The van der Waals surface area contributed by atoms with Gasteiger partial charge in [-0.05, 0) is 89.2 Å². The summed E-state index contributed by atoms with van der Waals surface area (Å²) >= 11 is 0. The van der Waals surface area contributed by atoms with Crippen molar-refractivity contribution in [2.24, 2.45) is 0 Å². The lowest BCUT2D eigenvalue weighted by molar-refractivity contribution is -0.137. The maximum absolute atomic E-state index is 12.4. The lowest BCUT2D eigenvalue weighted by Gasteiger charge is -2.31. The van der Waals surface area contributed by atoms with Crippen LogP contribution in [-0.2, 0) is 32.0 Å². The van der Waals surface area contributed by atoms with Crippen molar-refractivity contribution in [3.05, 3.63) is 47.5 Å². The molecule has 10 nitrogen and oxygen atoms in total. The first-order valence-corrected chi connectivity index (χ1v) is 16.5. The van der Waals surface area contributed by atoms with Crippen LogP contribution >= 0.6 is 0 Å². The number of aryl methyl sites for hydroxylation is 2. The van der Waals surface area contributed by atoms with Gasteiger partial charge in [0.1, 0.15) is 5.82 Å². The number of nitrogens with one attached hydrogen (secondary N) is 2. The summed E-state index contributed by atoms with van der Waals surface area (Å²) in [5.41, 5.74) is 9.14. The van der Waals surface area contributed by atoms with E-state index in [0.29, 0.717) is 25.3 Å². The Kier molecular flexibility index (Phi) is 14.0. The second-order valence-electron chi connectivity index (χ2n) is 12.8. The monoisotopic (exact) mass is 620 g/mol. The molecule has 1 aromatic carbocycles. The van der Waals surface area contributed by atoms with Gasteiger partial charge in [0.2, 0.25) is 11.8 Å². The van der Waals surface area contributed by atoms with E-state index < -0.39 is 5.54 Å². The molecule has 0 saturated heterocycles. The number of likely N-dealkylation sites (N-methyl/N-ethyl adjacent to an activating group) is 1. The number of fused-ring (bicyclic) bond motifs is 1. The van der Waals surface area contributed by atoms with Crippen LogP contribution in [0.25, 0.3) is 10.9 Å². The van der Waals surface area contributed by atoms with Gasteiger partial charge in [0.25, 0.3) is 11.8 Å². The van der Waals surface area contributed by atoms with Crippen LogP contribution in [0.2, 0.25) is 0 Å². The van der Waals surface area contributed by atoms with Crippen LogP contribution in [0.3, 0.4) is 0 Å². The molecule has 0 fully saturated rings. The van der Waals surface area contributed by atoms with E-state index in [0.717, 1.165) is 67.5 Å². The lowest BCUT2D eigenvalue weighted by atomic mass is 9.99. The van der Waals surface area contributed by atoms with Crippen molar-refractivity contribution in [3.8, 4) is 0 Å². The fourth-order valence-corrected chi connectivity index (χ4v) is 5.84. The number of rotatable bonds is 20. The van der Waals surface area contributed by atoms with Crippen LogP contribution in [0.5, 0.6) is 0 Å². The second-order valence-corrected chi connectivity index (χ2v) is 12.8. The number of anilines is 1. The number of hydrogen-bond donors (Lipinski definition) is 3. The molecule has 45 heavy (non-hydrogen) atoms. The Balaban J connectivity index is 1.28. The molecule has 4 N–H and O–H groups in total. The first-order valence-electron chi connectivity index (χ1n) is 16.5. The molecule has 0 bridgehead atoms. The molecule has 0 spiro atoms. The topological polar surface area (TPSA) is 138 Å². The van der Waals surface area contributed by atoms with E-state index in [1.807, 2.05) is 27.0 Å². The highest BCUT2D eigenvalue weighted by atomic mass is 16.2. The molecule has 2 heterocycles. The second kappa shape index (κ2) is 17.6. The lowest BCUT2D eigenvalue weighted by Crippen LogP contribution is -2.51. The maximum atomic E-state index is 12.4. The first-order chi connectivity index (χ1) is 21.5. The van der Waals surface area contributed by atoms with Gasteiger partial charge in [-0.3, -0.25) is 24.1 Å². The summed E-state index contributed by atoms with van der Waals surface area (Å²) in [5, 5.41) is 7.23. The highest BCUT2D eigenvalue weighted by Crippen LogP contribution is 2.25. The molecular formula is C35H52N6O4. The Labute approximate surface area is 268 Å². The molecule has 1 aliphatic heterocycles. The van der Waals surface area contributed by atoms with Gasteiger partial charge in [0.05, 0.1) is 5.52 Å². The quantitative estimate of drug-likeness (QED) is 0.148. The zero-order valence-electron chi connectivity index (χ0n) is 27.6. The van der Waals surface area contributed by atoms with Crippen molar-refractivity contribution in [2.45, 2.75) is 96.9 Å². The average molecular weight is 621 g/mol. The van der Waals surface area contributed by atoms with Gasteiger partial charge >= 0.3 is 0 Å². The van der Waals surface area contributed by atoms with Crippen molar-refractivity contribution in [1.82, 2.24) is 25.4 Å². The number of unbranched alkanes of at least 4 members (excludes halogenated alkanes) is 4. The van der Waals surface area contributed by atoms with Gasteiger partial charge in [0, 0.05) is 55.6 Å². The minimum absolute atomic E-state index is 0.0582. The Bertz CT molecular complexity index is 1340. The molecule has 0 aliphatic carbocycles. The molecule has 0 unspecified atom stereocenters. The van der Waals surface area contributed by atoms with E-state index in [2.05, 4.69) is 45.6 Å². The normalized spacial score (nSPS) is 13.3. The zero-order chi connectivity index (χ0) is 32.8. The summed E-state index contributed by atoms with van der Waals surface area (Å²) < 4.78 is 0. The van der Waals surface area contributed by atoms with Gasteiger partial charge in [-0.25, -0.2) is 4.98 Å². The van der Waals surface area contributed by atoms with Crippen molar-refractivity contribution >= 4 is 40.3 Å². The molecule has 0 atom stereocenters. The maximum Gasteiger partial charge on any atom is 0.253 e. The number of nitrogens with zero attached hydrogens (tertiary/aromatic N) is 3. The summed E-state index contributed by atoms with van der Waals surface area (Å²) in [4.78, 5) is 55.9. The van der Waals surface area contributed by atoms with Gasteiger partial charge in [-0.15, -0.1) is 0 Å². The van der Waals surface area contributed by atoms with Crippen LogP contribution in [0.4, 0.5) is 5.82 Å². The highest BCUT2D eigenvalue weighted by Gasteiger charge is 2.26. The Morgan fingerprint density at radius 2 is 1.64 bits per heavy atom. The Morgan fingerprint density at radius 1 is 0.933 bits per heavy atom. The molecule has 1 aromatic heterocycles. The Hall–Kier alpha value is -3.79. The number of nitrogens with two attached hydrogens (primary N) is 1. The molecule has 1 aliphatic rings. The van der Waals surface area contributed by atoms with Gasteiger partial charge in [-0.2, -0.15) is 0 Å². The van der Waals surface area contributed by atoms with Crippen molar-refractivity contribution in [2.75, 3.05) is 39.0 Å². The number of amides is 4. The molecular weight excluding hydrogens is 568 g/mol. The van der Waals surface area contributed by atoms with Crippen molar-refractivity contribution in [3.63, 3.8) is 0 Å². The summed E-state index contributed by atoms with van der Waals surface area (Å²) in [6, 6.07) is 8.50. The van der Waals surface area contributed by atoms with Crippen LogP contribution in [0, 0.1) is 0 Å². The largest absolute Gasteiger partial charge is 0.383 e. The molecule has 4 amide bonds. The standard InChI is InChI=1S/C35H52N6O4/c1-5-6-8-14-27-24-28-26(15-11-16-29(28)38-34(27)36)13-9-7-10-21-37-30(42)17-12-22-40(4)25-35(2,3)39-31(43)20-23-41-32(44)18-19-33(41)45/h11,15-16,18-19,24H,5-10,12-14,17,20-23,25H2,1-4H3,(H2,36,38)(H,37,42)(H,39,43). The van der Waals surface area contributed by atoms with Crippen LogP contribution in [-0.4, -0.2) is 77.2 Å². The predicted molar refractivity (Wildman–Crippen MR) is 179 cm³/mol. The van der Waals surface area contributed by atoms with E-state index in [1.165, 1.54) is 35.9 Å². The van der Waals surface area contributed by atoms with E-state index in [-0.39, 0.29) is 36.6 Å². The average Bonchev–Trinajstić information content (AvgIpc) is 3.30. The minimum atomic E-state index is -0.502. The highest BCUT2D eigenvalue weighted by molar-refractivity contribution is 6.13. The molecule has 246 valence electrons. The third-order valence-corrected chi connectivity index (χ3v) is 8.11. The number of carbonyl (C=O) groups excluding carboxylic acids is 4. The molecule has 3 rings (SSSR count). The molecule has 2 aromatic rings. The Morgan fingerprint density at radius 3 is 2.38 bits per heavy atom. The number of aromatic nitrogens is 1.